The Morgan fingerprint density at radius 3 is 2.32 bits per heavy atom. The highest BCUT2D eigenvalue weighted by atomic mass is 16.5. The SMILES string of the molecule is CCOC(=O)CCC(=O)c1cccc(-c2ccc(O)c3c2C[C@]2(C)C[C@]4(C)C(C(C)C)C(=O)C(C(C)=O)=C(O)[C@]4(O)C(=O)C2=C3O)c1. The monoisotopic (exact) mass is 644 g/mol. The number of ether oxygens (including phenoxy) is 1. The van der Waals surface area contributed by atoms with E-state index in [1.807, 2.05) is 0 Å². The van der Waals surface area contributed by atoms with Crippen LogP contribution in [0.2, 0.25) is 0 Å². The topological polar surface area (TPSA) is 176 Å². The number of carbonyl (C=O) groups is 5. The van der Waals surface area contributed by atoms with E-state index in [0.717, 1.165) is 6.92 Å². The van der Waals surface area contributed by atoms with Crippen LogP contribution in [0.25, 0.3) is 16.9 Å². The van der Waals surface area contributed by atoms with Gasteiger partial charge in [-0.15, -0.1) is 0 Å². The average Bonchev–Trinajstić information content (AvgIpc) is 2.97. The Morgan fingerprint density at radius 1 is 1.02 bits per heavy atom. The summed E-state index contributed by atoms with van der Waals surface area (Å²) in [5, 5.41) is 46.4. The van der Waals surface area contributed by atoms with Crippen LogP contribution in [0.3, 0.4) is 0 Å². The Hall–Kier alpha value is -4.57. The highest BCUT2D eigenvalue weighted by molar-refractivity contribution is 6.24. The van der Waals surface area contributed by atoms with Crippen LogP contribution in [-0.2, 0) is 30.3 Å². The number of phenols is 1. The number of aromatic hydroxyl groups is 1. The lowest BCUT2D eigenvalue weighted by molar-refractivity contribution is -0.178. The van der Waals surface area contributed by atoms with Crippen molar-refractivity contribution >= 4 is 34.9 Å². The molecule has 2 aromatic rings. The fraction of sp³-hybridized carbons (Fsp3) is 0.432. The maximum Gasteiger partial charge on any atom is 0.306 e. The first-order chi connectivity index (χ1) is 21.9. The van der Waals surface area contributed by atoms with Gasteiger partial charge in [0.15, 0.2) is 23.0 Å². The molecule has 0 radical (unpaired) electrons. The number of benzene rings is 2. The summed E-state index contributed by atoms with van der Waals surface area (Å²) in [5.41, 5.74) is -4.32. The molecule has 1 saturated carbocycles. The molecule has 1 fully saturated rings. The summed E-state index contributed by atoms with van der Waals surface area (Å²) in [6.07, 6.45) is -0.0603. The van der Waals surface area contributed by atoms with Gasteiger partial charge in [-0.25, -0.2) is 0 Å². The number of allylic oxidation sites excluding steroid dienone is 1. The van der Waals surface area contributed by atoms with Crippen molar-refractivity contribution in [2.24, 2.45) is 22.7 Å². The molecule has 1 unspecified atom stereocenters. The maximum atomic E-state index is 14.5. The lowest BCUT2D eigenvalue weighted by Crippen LogP contribution is -2.69. The predicted octanol–water partition coefficient (Wildman–Crippen LogP) is 5.38. The van der Waals surface area contributed by atoms with Gasteiger partial charge in [0, 0.05) is 34.3 Å². The highest BCUT2D eigenvalue weighted by Crippen LogP contribution is 2.65. The fourth-order valence-electron chi connectivity index (χ4n) is 8.44. The minimum Gasteiger partial charge on any atom is -0.508 e. The molecule has 0 saturated heterocycles. The van der Waals surface area contributed by atoms with E-state index >= 15 is 0 Å². The number of rotatable bonds is 8. The van der Waals surface area contributed by atoms with Crippen molar-refractivity contribution in [1.82, 2.24) is 0 Å². The molecular weight excluding hydrogens is 604 g/mol. The van der Waals surface area contributed by atoms with Gasteiger partial charge in [0.25, 0.3) is 0 Å². The zero-order valence-electron chi connectivity index (χ0n) is 27.4. The van der Waals surface area contributed by atoms with Gasteiger partial charge in [-0.1, -0.05) is 52.0 Å². The van der Waals surface area contributed by atoms with Gasteiger partial charge < -0.3 is 25.2 Å². The Labute approximate surface area is 272 Å². The molecule has 0 aliphatic heterocycles. The minimum atomic E-state index is -2.69. The van der Waals surface area contributed by atoms with Gasteiger partial charge in [-0.3, -0.25) is 24.0 Å². The number of hydrogen-bond acceptors (Lipinski definition) is 10. The molecule has 0 amide bonds. The zero-order chi connectivity index (χ0) is 34.8. The van der Waals surface area contributed by atoms with E-state index in [1.165, 1.54) is 6.07 Å². The molecule has 0 bridgehead atoms. The number of aliphatic hydroxyl groups is 3. The van der Waals surface area contributed by atoms with Crippen LogP contribution in [0, 0.1) is 22.7 Å². The molecule has 3 aliphatic rings. The summed E-state index contributed by atoms with van der Waals surface area (Å²) in [6, 6.07) is 9.74. The third-order valence-corrected chi connectivity index (χ3v) is 10.2. The van der Waals surface area contributed by atoms with E-state index in [2.05, 4.69) is 0 Å². The van der Waals surface area contributed by atoms with Crippen molar-refractivity contribution in [3.63, 3.8) is 0 Å². The number of hydrogen-bond donors (Lipinski definition) is 4. The predicted molar refractivity (Wildman–Crippen MR) is 171 cm³/mol. The van der Waals surface area contributed by atoms with Crippen molar-refractivity contribution in [2.45, 2.75) is 72.8 Å². The molecule has 2 aromatic carbocycles. The molecular formula is C37H40O10. The second-order valence-electron chi connectivity index (χ2n) is 13.8. The number of ketones is 4. The van der Waals surface area contributed by atoms with Crippen molar-refractivity contribution < 1.29 is 49.1 Å². The van der Waals surface area contributed by atoms with Crippen molar-refractivity contribution in [3.05, 3.63) is 70.0 Å². The van der Waals surface area contributed by atoms with Crippen LogP contribution in [0.1, 0.15) is 82.3 Å². The Morgan fingerprint density at radius 2 is 1.70 bits per heavy atom. The molecule has 0 spiro atoms. The average molecular weight is 645 g/mol. The highest BCUT2D eigenvalue weighted by Gasteiger charge is 2.72. The Balaban J connectivity index is 1.67. The summed E-state index contributed by atoms with van der Waals surface area (Å²) in [6.45, 7) is 9.77. The molecule has 0 heterocycles. The number of fused-ring (bicyclic) bond motifs is 3. The standard InChI is InChI=1S/C37H40O10/c1-7-47-26(41)14-13-24(39)21-10-8-9-20(15-21)22-11-12-25(40)28-23(22)16-35(5)17-36(6)29(18(2)3)31(42)27(19(4)38)33(44)37(36,46)34(45)30(35)32(28)43/h8-12,15,18,29,40,43-44,46H,7,13-14,16-17H2,1-6H3/t29?,35-,36-,37+/m1/s1. The number of esters is 1. The van der Waals surface area contributed by atoms with E-state index < -0.39 is 68.7 Å². The van der Waals surface area contributed by atoms with Gasteiger partial charge >= 0.3 is 5.97 Å². The van der Waals surface area contributed by atoms with E-state index in [4.69, 9.17) is 4.74 Å². The fourth-order valence-corrected chi connectivity index (χ4v) is 8.44. The van der Waals surface area contributed by atoms with Gasteiger partial charge in [0.1, 0.15) is 22.8 Å². The Bertz CT molecular complexity index is 1810. The van der Waals surface area contributed by atoms with Gasteiger partial charge in [-0.2, -0.15) is 0 Å². The quantitative estimate of drug-likeness (QED) is 0.166. The first-order valence-corrected chi connectivity index (χ1v) is 15.8. The van der Waals surface area contributed by atoms with E-state index in [9.17, 15) is 44.4 Å². The largest absolute Gasteiger partial charge is 0.508 e. The van der Waals surface area contributed by atoms with Gasteiger partial charge in [0.05, 0.1) is 18.6 Å². The molecule has 248 valence electrons. The summed E-state index contributed by atoms with van der Waals surface area (Å²) in [4.78, 5) is 65.6. The number of carbonyl (C=O) groups excluding carboxylic acids is 5. The van der Waals surface area contributed by atoms with Crippen molar-refractivity contribution in [2.75, 3.05) is 6.61 Å². The number of phenolic OH excluding ortho intramolecular Hbond substituents is 1. The van der Waals surface area contributed by atoms with Crippen LogP contribution in [0.5, 0.6) is 5.75 Å². The first kappa shape index (κ1) is 33.8. The van der Waals surface area contributed by atoms with E-state index in [1.54, 1.807) is 65.0 Å². The Kier molecular flexibility index (Phi) is 8.33. The smallest absolute Gasteiger partial charge is 0.306 e. The van der Waals surface area contributed by atoms with Crippen LogP contribution in [0.15, 0.2) is 53.3 Å². The van der Waals surface area contributed by atoms with Crippen LogP contribution < -0.4 is 0 Å². The maximum absolute atomic E-state index is 14.5. The van der Waals surface area contributed by atoms with Gasteiger partial charge in [-0.05, 0) is 61.4 Å². The number of aliphatic hydroxyl groups excluding tert-OH is 2. The van der Waals surface area contributed by atoms with E-state index in [-0.39, 0.29) is 55.0 Å². The first-order valence-electron chi connectivity index (χ1n) is 15.8. The van der Waals surface area contributed by atoms with Crippen molar-refractivity contribution in [1.29, 1.82) is 0 Å². The third kappa shape index (κ3) is 4.92. The second kappa shape index (κ2) is 11.6. The molecule has 4 N–H and O–H groups in total. The molecule has 4 atom stereocenters. The summed E-state index contributed by atoms with van der Waals surface area (Å²) in [7, 11) is 0. The lowest BCUT2D eigenvalue weighted by atomic mass is 9.43. The second-order valence-corrected chi connectivity index (χ2v) is 13.8. The van der Waals surface area contributed by atoms with Crippen LogP contribution in [-0.4, -0.2) is 61.7 Å². The normalized spacial score (nSPS) is 26.9. The zero-order valence-corrected chi connectivity index (χ0v) is 27.4. The molecule has 10 nitrogen and oxygen atoms in total. The lowest BCUT2D eigenvalue weighted by Gasteiger charge is -2.59. The van der Waals surface area contributed by atoms with Crippen LogP contribution >= 0.6 is 0 Å². The molecule has 3 aliphatic carbocycles. The van der Waals surface area contributed by atoms with Crippen molar-refractivity contribution in [3.8, 4) is 16.9 Å². The molecule has 10 heteroatoms. The molecule has 0 aromatic heterocycles. The third-order valence-electron chi connectivity index (χ3n) is 10.2. The summed E-state index contributed by atoms with van der Waals surface area (Å²) >= 11 is 0. The van der Waals surface area contributed by atoms with Crippen LogP contribution in [0.4, 0.5) is 0 Å². The minimum absolute atomic E-state index is 0.0304. The summed E-state index contributed by atoms with van der Waals surface area (Å²) < 4.78 is 4.93. The molecule has 5 rings (SSSR count). The molecule has 47 heavy (non-hydrogen) atoms. The number of Topliss-reactive ketones (excluding diaryl/α,β-unsaturated/α-hetero) is 4. The van der Waals surface area contributed by atoms with E-state index in [0.29, 0.717) is 22.3 Å². The summed E-state index contributed by atoms with van der Waals surface area (Å²) in [5.74, 6) is -6.59. The van der Waals surface area contributed by atoms with Gasteiger partial charge in [0.2, 0.25) is 5.78 Å².